The van der Waals surface area contributed by atoms with Gasteiger partial charge in [-0.15, -0.1) is 0 Å². The monoisotopic (exact) mass is 398 g/mol. The lowest BCUT2D eigenvalue weighted by Crippen LogP contribution is -2.38. The summed E-state index contributed by atoms with van der Waals surface area (Å²) in [6.07, 6.45) is 0. The summed E-state index contributed by atoms with van der Waals surface area (Å²) in [6, 6.07) is 43.8. The second-order valence-corrected chi connectivity index (χ2v) is 10.0. The number of carbonyl (C=O) groups excluding carboxylic acids is 1. The minimum absolute atomic E-state index is 0.333. The van der Waals surface area contributed by atoms with Crippen LogP contribution in [0, 0.1) is 0 Å². The average Bonchev–Trinajstić information content (AvgIpc) is 2.77. The predicted octanol–water partition coefficient (Wildman–Crippen LogP) is 3.80. The van der Waals surface area contributed by atoms with Gasteiger partial charge in [0.1, 0.15) is 28.5 Å². The quantitative estimate of drug-likeness (QED) is 0.522. The van der Waals surface area contributed by atoms with Gasteiger partial charge in [0.15, 0.2) is 0 Å². The second kappa shape index (κ2) is 9.82. The zero-order valence-electron chi connectivity index (χ0n) is 16.5. The molecule has 0 heterocycles. The van der Waals surface area contributed by atoms with Gasteiger partial charge in [-0.1, -0.05) is 72.8 Å². The Kier molecular flexibility index (Phi) is 6.94. The smallest absolute Gasteiger partial charge is 0.214 e. The summed E-state index contributed by atoms with van der Waals surface area (Å²) < 4.78 is 0. The van der Waals surface area contributed by atoms with Crippen molar-refractivity contribution in [3.05, 3.63) is 121 Å². The summed E-state index contributed by atoms with van der Waals surface area (Å²) in [5.74, 6) is -0.333. The molecule has 2 N–H and O–H groups in total. The fraction of sp³-hybridized carbons (Fsp3) is 0.0385. The van der Waals surface area contributed by atoms with Crippen LogP contribution in [0.4, 0.5) is 0 Å². The summed E-state index contributed by atoms with van der Waals surface area (Å²) in [5.41, 5.74) is 4.47. The van der Waals surface area contributed by atoms with Gasteiger partial charge in [-0.3, -0.25) is 4.79 Å². The Balaban J connectivity index is 0.000000552. The molecule has 0 spiro atoms. The Morgan fingerprint density at radius 3 is 0.862 bits per heavy atom. The number of amides is 1. The van der Waals surface area contributed by atoms with Gasteiger partial charge in [-0.05, 0) is 48.5 Å². The normalized spacial score (nSPS) is 10.5. The Labute approximate surface area is 173 Å². The number of hydrogen-bond donors (Lipinski definition) is 1. The van der Waals surface area contributed by atoms with Crippen LogP contribution in [-0.2, 0) is 4.79 Å². The molecular weight excluding hydrogens is 373 g/mol. The first-order valence-corrected chi connectivity index (χ1v) is 11.3. The predicted molar refractivity (Wildman–Crippen MR) is 126 cm³/mol. The first-order valence-electron chi connectivity index (χ1n) is 9.53. The Hall–Kier alpha value is -3.22. The van der Waals surface area contributed by atoms with Gasteiger partial charge in [0.05, 0.1) is 0 Å². The van der Waals surface area contributed by atoms with Gasteiger partial charge >= 0.3 is 0 Å². The van der Waals surface area contributed by atoms with Crippen LogP contribution < -0.4 is 27.0 Å². The summed E-state index contributed by atoms with van der Waals surface area (Å²) >= 11 is 0. The molecule has 4 aromatic rings. The summed E-state index contributed by atoms with van der Waals surface area (Å²) in [6.45, 7) is 1.31. The van der Waals surface area contributed by atoms with Crippen LogP contribution in [0.2, 0.25) is 0 Å². The van der Waals surface area contributed by atoms with E-state index in [9.17, 15) is 4.79 Å². The zero-order valence-corrected chi connectivity index (χ0v) is 17.4. The number of hydrogen-bond acceptors (Lipinski definition) is 1. The van der Waals surface area contributed by atoms with E-state index in [-0.39, 0.29) is 5.91 Å². The highest BCUT2D eigenvalue weighted by Gasteiger charge is 2.47. The van der Waals surface area contributed by atoms with E-state index in [1.807, 2.05) is 0 Å². The molecule has 0 bridgehead atoms. The molecule has 0 fully saturated rings. The van der Waals surface area contributed by atoms with E-state index in [0.29, 0.717) is 0 Å². The summed E-state index contributed by atoms with van der Waals surface area (Å²) in [4.78, 5) is 9.22. The largest absolute Gasteiger partial charge is 0.370 e. The first kappa shape index (κ1) is 20.5. The van der Waals surface area contributed by atoms with Gasteiger partial charge in [0, 0.05) is 6.92 Å². The number of benzene rings is 4. The van der Waals surface area contributed by atoms with Crippen LogP contribution in [0.25, 0.3) is 0 Å². The maximum Gasteiger partial charge on any atom is 0.214 e. The molecule has 3 heteroatoms. The fourth-order valence-corrected chi connectivity index (χ4v) is 7.77. The first-order chi connectivity index (χ1) is 14.2. The van der Waals surface area contributed by atoms with Gasteiger partial charge in [0.2, 0.25) is 5.91 Å². The minimum Gasteiger partial charge on any atom is -0.370 e. The van der Waals surface area contributed by atoms with E-state index in [1.54, 1.807) is 0 Å². The number of nitrogens with two attached hydrogens (primary N) is 1. The van der Waals surface area contributed by atoms with Crippen LogP contribution in [0.15, 0.2) is 121 Å². The number of primary amides is 1. The molecule has 2 nitrogen and oxygen atoms in total. The summed E-state index contributed by atoms with van der Waals surface area (Å²) in [5, 5.41) is 5.55. The molecule has 4 rings (SSSR count). The third kappa shape index (κ3) is 4.62. The highest BCUT2D eigenvalue weighted by molar-refractivity contribution is 8.01. The fourth-order valence-electron chi connectivity index (χ4n) is 3.50. The molecule has 0 aliphatic heterocycles. The standard InChI is InChI=1S/C24H20P.C2H5NO/c1-5-13-21(14-6-1)25(22-15-7-2-8-16-22,23-17-9-3-10-18-23)24-19-11-4-12-20-24;1-2(3)4/h1-20H;1H3,(H2,3,4)/q+1;. The molecule has 4 aromatic carbocycles. The molecule has 0 saturated heterocycles. The van der Waals surface area contributed by atoms with Crippen molar-refractivity contribution in [2.24, 2.45) is 5.73 Å². The van der Waals surface area contributed by atoms with Crippen LogP contribution >= 0.6 is 7.26 Å². The molecular formula is C26H25NOP+. The zero-order chi connectivity index (χ0) is 20.5. The average molecular weight is 398 g/mol. The highest BCUT2D eigenvalue weighted by atomic mass is 31.2. The third-order valence-corrected chi connectivity index (χ3v) is 8.86. The molecule has 0 aromatic heterocycles. The maximum atomic E-state index is 9.22. The SMILES string of the molecule is CC(N)=O.c1ccc([P+](c2ccccc2)(c2ccccc2)c2ccccc2)cc1. The lowest BCUT2D eigenvalue weighted by atomic mass is 10.3. The molecule has 0 atom stereocenters. The Morgan fingerprint density at radius 2 is 0.690 bits per heavy atom. The minimum atomic E-state index is -1.91. The van der Waals surface area contributed by atoms with Crippen LogP contribution in [0.3, 0.4) is 0 Å². The Bertz CT molecular complexity index is 852. The number of carbonyl (C=O) groups is 1. The molecule has 144 valence electrons. The van der Waals surface area contributed by atoms with E-state index in [4.69, 9.17) is 0 Å². The maximum absolute atomic E-state index is 9.22. The van der Waals surface area contributed by atoms with Crippen molar-refractivity contribution >= 4 is 34.4 Å². The molecule has 0 aliphatic carbocycles. The van der Waals surface area contributed by atoms with Crippen molar-refractivity contribution in [2.75, 3.05) is 0 Å². The van der Waals surface area contributed by atoms with Crippen molar-refractivity contribution < 1.29 is 4.79 Å². The van der Waals surface area contributed by atoms with E-state index in [1.165, 1.54) is 28.1 Å². The molecule has 0 aliphatic rings. The van der Waals surface area contributed by atoms with Gasteiger partial charge < -0.3 is 5.73 Å². The van der Waals surface area contributed by atoms with E-state index in [0.717, 1.165) is 0 Å². The van der Waals surface area contributed by atoms with Crippen molar-refractivity contribution in [1.29, 1.82) is 0 Å². The third-order valence-electron chi connectivity index (χ3n) is 4.57. The summed E-state index contributed by atoms with van der Waals surface area (Å²) in [7, 11) is -1.91. The Morgan fingerprint density at radius 1 is 0.517 bits per heavy atom. The van der Waals surface area contributed by atoms with Crippen molar-refractivity contribution in [3.63, 3.8) is 0 Å². The number of rotatable bonds is 4. The van der Waals surface area contributed by atoms with Gasteiger partial charge in [-0.25, -0.2) is 0 Å². The van der Waals surface area contributed by atoms with E-state index < -0.39 is 7.26 Å². The van der Waals surface area contributed by atoms with E-state index in [2.05, 4.69) is 127 Å². The molecule has 0 unspecified atom stereocenters. The molecule has 1 amide bonds. The van der Waals surface area contributed by atoms with Crippen LogP contribution in [0.1, 0.15) is 6.92 Å². The van der Waals surface area contributed by atoms with Crippen molar-refractivity contribution in [2.45, 2.75) is 6.92 Å². The highest BCUT2D eigenvalue weighted by Crippen LogP contribution is 2.53. The molecule has 29 heavy (non-hydrogen) atoms. The topological polar surface area (TPSA) is 43.1 Å². The molecule has 0 saturated carbocycles. The second-order valence-electron chi connectivity index (χ2n) is 6.62. The van der Waals surface area contributed by atoms with Crippen molar-refractivity contribution in [1.82, 2.24) is 0 Å². The van der Waals surface area contributed by atoms with Crippen LogP contribution in [0.5, 0.6) is 0 Å². The lowest BCUT2D eigenvalue weighted by molar-refractivity contribution is -0.115. The van der Waals surface area contributed by atoms with E-state index >= 15 is 0 Å². The molecule has 0 radical (unpaired) electrons. The lowest BCUT2D eigenvalue weighted by Gasteiger charge is -2.27. The van der Waals surface area contributed by atoms with Crippen LogP contribution in [-0.4, -0.2) is 5.91 Å². The van der Waals surface area contributed by atoms with Crippen molar-refractivity contribution in [3.8, 4) is 0 Å². The van der Waals surface area contributed by atoms with Gasteiger partial charge in [-0.2, -0.15) is 0 Å². The van der Waals surface area contributed by atoms with Gasteiger partial charge in [0.25, 0.3) is 0 Å².